The van der Waals surface area contributed by atoms with E-state index in [0.717, 1.165) is 0 Å². The van der Waals surface area contributed by atoms with Crippen molar-refractivity contribution in [3.63, 3.8) is 0 Å². The van der Waals surface area contributed by atoms with Crippen molar-refractivity contribution in [3.8, 4) is 0 Å². The summed E-state index contributed by atoms with van der Waals surface area (Å²) in [6, 6.07) is -0.862. The van der Waals surface area contributed by atoms with Gasteiger partial charge in [0.05, 0.1) is 6.04 Å². The molecule has 0 unspecified atom stereocenters. The smallest absolute Gasteiger partial charge is 0.411 e. The number of nitrogens with one attached hydrogen (secondary N) is 1. The van der Waals surface area contributed by atoms with Crippen molar-refractivity contribution < 1.29 is 14.7 Å². The van der Waals surface area contributed by atoms with Crippen molar-refractivity contribution in [2.75, 3.05) is 5.75 Å². The molecule has 0 aromatic carbocycles. The molecule has 0 aliphatic heterocycles. The van der Waals surface area contributed by atoms with Crippen LogP contribution in [0.1, 0.15) is 0 Å². The molecule has 0 saturated carbocycles. The number of carbonyl (C=O) groups excluding carboxylic acids is 1. The molecular weight excluding hydrogens is 156 g/mol. The van der Waals surface area contributed by atoms with Crippen LogP contribution >= 0.6 is 12.6 Å². The first-order chi connectivity index (χ1) is 4.57. The second-order valence-electron chi connectivity index (χ2n) is 1.58. The summed E-state index contributed by atoms with van der Waals surface area (Å²) in [5, 5.41) is 9.61. The van der Waals surface area contributed by atoms with E-state index >= 15 is 0 Å². The molecule has 4 N–H and O–H groups in total. The molecule has 0 aliphatic rings. The molecule has 58 valence electrons. The first-order valence-corrected chi connectivity index (χ1v) is 3.11. The van der Waals surface area contributed by atoms with E-state index < -0.39 is 18.0 Å². The van der Waals surface area contributed by atoms with Crippen LogP contribution in [0.3, 0.4) is 0 Å². The Morgan fingerprint density at radius 3 is 2.50 bits per heavy atom. The molecule has 0 bridgehead atoms. The summed E-state index contributed by atoms with van der Waals surface area (Å²) in [5.74, 6) is -0.610. The minimum Gasteiger partial charge on any atom is -0.465 e. The minimum absolute atomic E-state index is 0.124. The van der Waals surface area contributed by atoms with Gasteiger partial charge in [-0.3, -0.25) is 10.1 Å². The maximum absolute atomic E-state index is 10.5. The summed E-state index contributed by atoms with van der Waals surface area (Å²) >= 11 is 3.70. The molecular formula is C4H8N2O3S. The zero-order valence-electron chi connectivity index (χ0n) is 5.07. The lowest BCUT2D eigenvalue weighted by Gasteiger charge is -2.04. The lowest BCUT2D eigenvalue weighted by molar-refractivity contribution is -0.121. The first-order valence-electron chi connectivity index (χ1n) is 2.48. The standard InChI is InChI=1S/C4H8N2O3S/c5-2(1-10)3(7)6-4(8)9/h2,10H,1,5H2,(H,6,7)(H,8,9)/t2-/m0/s1. The quantitative estimate of drug-likeness (QED) is 0.395. The van der Waals surface area contributed by atoms with E-state index in [1.165, 1.54) is 0 Å². The molecule has 0 aromatic rings. The monoisotopic (exact) mass is 164 g/mol. The molecule has 0 fully saturated rings. The van der Waals surface area contributed by atoms with Gasteiger partial charge in [0.2, 0.25) is 5.91 Å². The van der Waals surface area contributed by atoms with Crippen LogP contribution in [0, 0.1) is 0 Å². The maximum Gasteiger partial charge on any atom is 0.411 e. The molecule has 0 aliphatic carbocycles. The van der Waals surface area contributed by atoms with Crippen LogP contribution in [-0.2, 0) is 4.79 Å². The average Bonchev–Trinajstić information content (AvgIpc) is 1.85. The van der Waals surface area contributed by atoms with E-state index in [9.17, 15) is 9.59 Å². The second kappa shape index (κ2) is 4.13. The minimum atomic E-state index is -1.40. The fourth-order valence-electron chi connectivity index (χ4n) is 0.281. The summed E-state index contributed by atoms with van der Waals surface area (Å²) in [6.45, 7) is 0. The van der Waals surface area contributed by atoms with Crippen LogP contribution in [0.5, 0.6) is 0 Å². The summed E-state index contributed by atoms with van der Waals surface area (Å²) in [7, 11) is 0. The molecule has 0 saturated heterocycles. The van der Waals surface area contributed by atoms with E-state index in [1.54, 1.807) is 5.32 Å². The van der Waals surface area contributed by atoms with Crippen LogP contribution in [0.25, 0.3) is 0 Å². The van der Waals surface area contributed by atoms with E-state index in [-0.39, 0.29) is 5.75 Å². The van der Waals surface area contributed by atoms with E-state index in [0.29, 0.717) is 0 Å². The molecule has 5 nitrogen and oxygen atoms in total. The third kappa shape index (κ3) is 3.31. The number of hydrogen-bond acceptors (Lipinski definition) is 4. The van der Waals surface area contributed by atoms with Crippen molar-refractivity contribution in [2.45, 2.75) is 6.04 Å². The van der Waals surface area contributed by atoms with Crippen LogP contribution in [0.2, 0.25) is 0 Å². The zero-order valence-corrected chi connectivity index (χ0v) is 5.97. The number of hydrogen-bond donors (Lipinski definition) is 4. The summed E-state index contributed by atoms with van der Waals surface area (Å²) < 4.78 is 0. The highest BCUT2D eigenvalue weighted by atomic mass is 32.1. The lowest BCUT2D eigenvalue weighted by Crippen LogP contribution is -2.43. The van der Waals surface area contributed by atoms with Gasteiger partial charge in [0.15, 0.2) is 0 Å². The topological polar surface area (TPSA) is 92.4 Å². The summed E-state index contributed by atoms with van der Waals surface area (Å²) in [6.07, 6.45) is -1.40. The number of imide groups is 1. The lowest BCUT2D eigenvalue weighted by atomic mass is 10.3. The Morgan fingerprint density at radius 2 is 2.20 bits per heavy atom. The average molecular weight is 164 g/mol. The number of carbonyl (C=O) groups is 2. The molecule has 10 heavy (non-hydrogen) atoms. The Hall–Kier alpha value is -0.750. The van der Waals surface area contributed by atoms with E-state index in [1.807, 2.05) is 0 Å². The molecule has 2 amide bonds. The van der Waals surface area contributed by atoms with Gasteiger partial charge in [0.1, 0.15) is 0 Å². The number of nitrogens with two attached hydrogens (primary N) is 1. The van der Waals surface area contributed by atoms with Crippen LogP contribution in [0.4, 0.5) is 4.79 Å². The van der Waals surface area contributed by atoms with Gasteiger partial charge in [-0.25, -0.2) is 4.79 Å². The fourth-order valence-corrected chi connectivity index (χ4v) is 0.447. The molecule has 0 rings (SSSR count). The van der Waals surface area contributed by atoms with Crippen molar-refractivity contribution in [2.24, 2.45) is 5.73 Å². The number of rotatable bonds is 2. The Bertz CT molecular complexity index is 149. The third-order valence-corrected chi connectivity index (χ3v) is 1.16. The Kier molecular flexibility index (Phi) is 3.82. The van der Waals surface area contributed by atoms with Crippen molar-refractivity contribution in [1.29, 1.82) is 0 Å². The largest absolute Gasteiger partial charge is 0.465 e. The van der Waals surface area contributed by atoms with Crippen LogP contribution < -0.4 is 11.1 Å². The van der Waals surface area contributed by atoms with Crippen molar-refractivity contribution >= 4 is 24.6 Å². The van der Waals surface area contributed by atoms with E-state index in [2.05, 4.69) is 12.6 Å². The maximum atomic E-state index is 10.5. The molecule has 1 atom stereocenters. The highest BCUT2D eigenvalue weighted by Crippen LogP contribution is 1.82. The molecule has 0 radical (unpaired) electrons. The fraction of sp³-hybridized carbons (Fsp3) is 0.500. The van der Waals surface area contributed by atoms with Gasteiger partial charge in [-0.1, -0.05) is 0 Å². The van der Waals surface area contributed by atoms with Crippen molar-refractivity contribution in [1.82, 2.24) is 5.32 Å². The van der Waals surface area contributed by atoms with Gasteiger partial charge < -0.3 is 10.8 Å². The second-order valence-corrected chi connectivity index (χ2v) is 1.95. The molecule has 0 aromatic heterocycles. The molecule has 0 spiro atoms. The van der Waals surface area contributed by atoms with Gasteiger partial charge >= 0.3 is 6.09 Å². The van der Waals surface area contributed by atoms with Gasteiger partial charge in [0.25, 0.3) is 0 Å². The Balaban J connectivity index is 3.73. The van der Waals surface area contributed by atoms with Crippen LogP contribution in [0.15, 0.2) is 0 Å². The zero-order chi connectivity index (χ0) is 8.15. The van der Waals surface area contributed by atoms with E-state index in [4.69, 9.17) is 10.8 Å². The predicted octanol–water partition coefficient (Wildman–Crippen LogP) is -0.962. The SMILES string of the molecule is N[C@@H](CS)C(=O)NC(=O)O. The van der Waals surface area contributed by atoms with Crippen molar-refractivity contribution in [3.05, 3.63) is 0 Å². The number of thiol groups is 1. The number of carboxylic acid groups (broad SMARTS) is 1. The highest BCUT2D eigenvalue weighted by molar-refractivity contribution is 7.80. The normalized spacial score (nSPS) is 12.2. The Morgan fingerprint density at radius 1 is 1.70 bits per heavy atom. The molecule has 0 heterocycles. The van der Waals surface area contributed by atoms with Crippen LogP contribution in [-0.4, -0.2) is 28.9 Å². The van der Waals surface area contributed by atoms with Gasteiger partial charge in [-0.2, -0.15) is 12.6 Å². The Labute approximate surface area is 63.0 Å². The first kappa shape index (κ1) is 9.25. The summed E-state index contributed by atoms with van der Waals surface area (Å²) in [4.78, 5) is 20.3. The van der Waals surface area contributed by atoms with Gasteiger partial charge in [-0.15, -0.1) is 0 Å². The third-order valence-electron chi connectivity index (χ3n) is 0.764. The van der Waals surface area contributed by atoms with Gasteiger partial charge in [0, 0.05) is 5.75 Å². The molecule has 6 heteroatoms. The highest BCUT2D eigenvalue weighted by Gasteiger charge is 2.12. The predicted molar refractivity (Wildman–Crippen MR) is 38.0 cm³/mol. The summed E-state index contributed by atoms with van der Waals surface area (Å²) in [5.41, 5.74) is 5.11. The van der Waals surface area contributed by atoms with Gasteiger partial charge in [-0.05, 0) is 0 Å². The number of amides is 2.